The Morgan fingerprint density at radius 3 is 2.39 bits per heavy atom. The number of halogens is 2. The van der Waals surface area contributed by atoms with E-state index in [-0.39, 0.29) is 11.8 Å². The number of hydrogen-bond acceptors (Lipinski definition) is 5. The lowest BCUT2D eigenvalue weighted by atomic mass is 10.0. The average molecular weight is 585 g/mol. The van der Waals surface area contributed by atoms with Crippen LogP contribution in [-0.2, 0) is 0 Å². The number of nitrogens with one attached hydrogen (secondary N) is 1. The first-order chi connectivity index (χ1) is 19.9. The van der Waals surface area contributed by atoms with Crippen LogP contribution in [0, 0.1) is 0 Å². The summed E-state index contributed by atoms with van der Waals surface area (Å²) in [6, 6.07) is 25.9. The number of amides is 2. The third-order valence-electron chi connectivity index (χ3n) is 6.97. The largest absolute Gasteiger partial charge is 0.508 e. The number of rotatable bonds is 5. The van der Waals surface area contributed by atoms with Gasteiger partial charge >= 0.3 is 6.03 Å². The molecule has 41 heavy (non-hydrogen) atoms. The molecule has 0 bridgehead atoms. The van der Waals surface area contributed by atoms with Gasteiger partial charge in [-0.3, -0.25) is 0 Å². The highest BCUT2D eigenvalue weighted by atomic mass is 35.5. The van der Waals surface area contributed by atoms with Crippen molar-refractivity contribution in [1.82, 2.24) is 19.7 Å². The van der Waals surface area contributed by atoms with Crippen molar-refractivity contribution >= 4 is 40.7 Å². The number of benzene rings is 3. The molecule has 1 saturated heterocycles. The van der Waals surface area contributed by atoms with Gasteiger partial charge in [-0.05, 0) is 60.2 Å². The summed E-state index contributed by atoms with van der Waals surface area (Å²) in [5, 5.41) is 18.8. The predicted octanol–water partition coefficient (Wildman–Crippen LogP) is 6.97. The second-order valence-electron chi connectivity index (χ2n) is 9.66. The monoisotopic (exact) mass is 584 g/mol. The van der Waals surface area contributed by atoms with Crippen LogP contribution in [0.4, 0.5) is 16.3 Å². The molecule has 3 heterocycles. The standard InChI is InChI=1S/C31H26Cl2N6O2/c32-27-10-9-23(19-28(27)33)35-31(41)38-15-13-37(14-16-38)29-18-21(11-12-34-29)26-20-39(24-6-2-1-3-7-24)36-30(26)22-5-4-8-25(40)17-22/h1-12,17-20,40H,13-16H2,(H,35,41). The molecule has 2 N–H and O–H groups in total. The molecule has 1 aliphatic heterocycles. The second kappa shape index (κ2) is 11.5. The Kier molecular flexibility index (Phi) is 7.50. The molecule has 0 aliphatic carbocycles. The third kappa shape index (κ3) is 5.84. The fraction of sp³-hybridized carbons (Fsp3) is 0.129. The first-order valence-electron chi connectivity index (χ1n) is 13.1. The average Bonchev–Trinajstić information content (AvgIpc) is 3.46. The van der Waals surface area contributed by atoms with Gasteiger partial charge < -0.3 is 20.2 Å². The van der Waals surface area contributed by atoms with Crippen LogP contribution in [0.15, 0.2) is 97.3 Å². The first kappa shape index (κ1) is 26.7. The molecule has 0 radical (unpaired) electrons. The van der Waals surface area contributed by atoms with Crippen LogP contribution in [0.3, 0.4) is 0 Å². The van der Waals surface area contributed by atoms with Gasteiger partial charge in [-0.2, -0.15) is 5.10 Å². The van der Waals surface area contributed by atoms with Crippen molar-refractivity contribution in [2.45, 2.75) is 0 Å². The number of hydrogen-bond donors (Lipinski definition) is 2. The van der Waals surface area contributed by atoms with E-state index in [2.05, 4.69) is 15.2 Å². The van der Waals surface area contributed by atoms with Crippen molar-refractivity contribution in [3.8, 4) is 33.8 Å². The number of urea groups is 1. The van der Waals surface area contributed by atoms with Crippen LogP contribution in [0.5, 0.6) is 5.75 Å². The normalized spacial score (nSPS) is 13.3. The molecule has 0 unspecified atom stereocenters. The lowest BCUT2D eigenvalue weighted by Crippen LogP contribution is -2.50. The minimum atomic E-state index is -0.186. The van der Waals surface area contributed by atoms with Gasteiger partial charge in [-0.25, -0.2) is 14.5 Å². The van der Waals surface area contributed by atoms with Crippen LogP contribution >= 0.6 is 23.2 Å². The zero-order chi connectivity index (χ0) is 28.3. The molecule has 0 spiro atoms. The van der Waals surface area contributed by atoms with Crippen molar-refractivity contribution in [3.05, 3.63) is 107 Å². The quantitative estimate of drug-likeness (QED) is 0.233. The summed E-state index contributed by atoms with van der Waals surface area (Å²) < 4.78 is 1.85. The molecule has 206 valence electrons. The summed E-state index contributed by atoms with van der Waals surface area (Å²) in [6.07, 6.45) is 3.79. The molecule has 10 heteroatoms. The third-order valence-corrected chi connectivity index (χ3v) is 7.71. The Morgan fingerprint density at radius 1 is 0.829 bits per heavy atom. The van der Waals surface area contributed by atoms with Crippen molar-refractivity contribution in [2.75, 3.05) is 36.4 Å². The van der Waals surface area contributed by atoms with Gasteiger partial charge in [0.1, 0.15) is 17.3 Å². The number of anilines is 2. The number of pyridine rings is 1. The summed E-state index contributed by atoms with van der Waals surface area (Å²) >= 11 is 12.1. The van der Waals surface area contributed by atoms with Gasteiger partial charge in [0, 0.05) is 55.4 Å². The molecule has 0 saturated carbocycles. The summed E-state index contributed by atoms with van der Waals surface area (Å²) in [7, 11) is 0. The number of phenolic OH excluding ortho intramolecular Hbond substituents is 1. The highest BCUT2D eigenvalue weighted by Gasteiger charge is 2.23. The van der Waals surface area contributed by atoms with Gasteiger partial charge in [-0.1, -0.05) is 53.5 Å². The molecule has 5 aromatic rings. The van der Waals surface area contributed by atoms with Gasteiger partial charge in [0.2, 0.25) is 0 Å². The lowest BCUT2D eigenvalue weighted by Gasteiger charge is -2.35. The lowest BCUT2D eigenvalue weighted by molar-refractivity contribution is 0.208. The van der Waals surface area contributed by atoms with Crippen molar-refractivity contribution in [2.24, 2.45) is 0 Å². The van der Waals surface area contributed by atoms with E-state index in [4.69, 9.17) is 28.3 Å². The van der Waals surface area contributed by atoms with Crippen molar-refractivity contribution in [3.63, 3.8) is 0 Å². The van der Waals surface area contributed by atoms with E-state index in [0.29, 0.717) is 41.9 Å². The summed E-state index contributed by atoms with van der Waals surface area (Å²) in [6.45, 7) is 2.35. The molecular formula is C31H26Cl2N6O2. The number of aromatic nitrogens is 3. The van der Waals surface area contributed by atoms with Crippen LogP contribution in [0.25, 0.3) is 28.1 Å². The van der Waals surface area contributed by atoms with Crippen LogP contribution in [-0.4, -0.2) is 57.0 Å². The van der Waals surface area contributed by atoms with E-state index in [0.717, 1.165) is 33.9 Å². The first-order valence-corrected chi connectivity index (χ1v) is 13.9. The van der Waals surface area contributed by atoms with Gasteiger partial charge in [-0.15, -0.1) is 0 Å². The molecule has 2 aromatic heterocycles. The molecule has 8 nitrogen and oxygen atoms in total. The van der Waals surface area contributed by atoms with E-state index in [1.54, 1.807) is 41.4 Å². The van der Waals surface area contributed by atoms with Crippen molar-refractivity contribution < 1.29 is 9.90 Å². The van der Waals surface area contributed by atoms with Crippen molar-refractivity contribution in [1.29, 1.82) is 0 Å². The summed E-state index contributed by atoms with van der Waals surface area (Å²) in [5.41, 5.74) is 4.97. The minimum absolute atomic E-state index is 0.180. The predicted molar refractivity (Wildman–Crippen MR) is 163 cm³/mol. The number of aromatic hydroxyl groups is 1. The van der Waals surface area contributed by atoms with Crippen LogP contribution in [0.2, 0.25) is 10.0 Å². The minimum Gasteiger partial charge on any atom is -0.508 e. The fourth-order valence-electron chi connectivity index (χ4n) is 4.84. The number of phenols is 1. The Labute approximate surface area is 247 Å². The number of para-hydroxylation sites is 1. The SMILES string of the molecule is O=C(Nc1ccc(Cl)c(Cl)c1)N1CCN(c2cc(-c3cn(-c4ccccc4)nc3-c3cccc(O)c3)ccn2)CC1. The van der Waals surface area contributed by atoms with Crippen LogP contribution < -0.4 is 10.2 Å². The van der Waals surface area contributed by atoms with E-state index in [1.165, 1.54) is 0 Å². The fourth-order valence-corrected chi connectivity index (χ4v) is 5.14. The zero-order valence-electron chi connectivity index (χ0n) is 21.9. The molecular weight excluding hydrogens is 559 g/mol. The van der Waals surface area contributed by atoms with Crippen LogP contribution in [0.1, 0.15) is 0 Å². The van der Waals surface area contributed by atoms with Gasteiger partial charge in [0.15, 0.2) is 0 Å². The molecule has 1 aliphatic rings. The highest BCUT2D eigenvalue weighted by Crippen LogP contribution is 2.34. The summed E-state index contributed by atoms with van der Waals surface area (Å²) in [4.78, 5) is 21.4. The van der Waals surface area contributed by atoms with Gasteiger partial charge in [0.05, 0.1) is 15.7 Å². The van der Waals surface area contributed by atoms with E-state index >= 15 is 0 Å². The highest BCUT2D eigenvalue weighted by molar-refractivity contribution is 6.42. The maximum absolute atomic E-state index is 12.8. The Morgan fingerprint density at radius 2 is 1.63 bits per heavy atom. The van der Waals surface area contributed by atoms with E-state index in [1.807, 2.05) is 65.5 Å². The van der Waals surface area contributed by atoms with Gasteiger partial charge in [0.25, 0.3) is 0 Å². The molecule has 6 rings (SSSR count). The number of carbonyl (C=O) groups is 1. The Hall–Kier alpha value is -4.53. The maximum atomic E-state index is 12.8. The number of nitrogens with zero attached hydrogens (tertiary/aromatic N) is 5. The summed E-state index contributed by atoms with van der Waals surface area (Å²) in [5.74, 6) is 1.00. The number of carbonyl (C=O) groups excluding carboxylic acids is 1. The molecule has 0 atom stereocenters. The van der Waals surface area contributed by atoms with E-state index in [9.17, 15) is 9.90 Å². The van der Waals surface area contributed by atoms with E-state index < -0.39 is 0 Å². The zero-order valence-corrected chi connectivity index (χ0v) is 23.4. The maximum Gasteiger partial charge on any atom is 0.321 e. The molecule has 3 aromatic carbocycles. The smallest absolute Gasteiger partial charge is 0.321 e. The number of piperazine rings is 1. The Bertz CT molecular complexity index is 1700. The second-order valence-corrected chi connectivity index (χ2v) is 10.5. The molecule has 2 amide bonds. The topological polar surface area (TPSA) is 86.5 Å². The molecule has 1 fully saturated rings. The Balaban J connectivity index is 1.22.